The molecule has 0 saturated heterocycles. The maximum atomic E-state index is 13.0. The second kappa shape index (κ2) is 11.0. The standard InChI is InChI=1S/C25H31N3O2S/c1-4-6-7-10-17-26-24(30)20(5-2)28-21-11-8-9-12-22(21)31-25(28)27-23(29)19-15-13-18(3)14-16-19/h8-9,11-16,20H,4-7,10,17H2,1-3H3,(H,26,30). The van der Waals surface area contributed by atoms with Crippen LogP contribution in [0.25, 0.3) is 10.2 Å². The zero-order valence-corrected chi connectivity index (χ0v) is 19.4. The number of unbranched alkanes of at least 4 members (excludes halogenated alkanes) is 3. The Morgan fingerprint density at radius 3 is 2.48 bits per heavy atom. The van der Waals surface area contributed by atoms with E-state index in [9.17, 15) is 9.59 Å². The Morgan fingerprint density at radius 2 is 1.77 bits per heavy atom. The Labute approximate surface area is 187 Å². The number of aromatic nitrogens is 1. The molecule has 2 aromatic carbocycles. The summed E-state index contributed by atoms with van der Waals surface area (Å²) in [6, 6.07) is 14.9. The number of hydrogen-bond acceptors (Lipinski definition) is 3. The van der Waals surface area contributed by atoms with E-state index < -0.39 is 6.04 Å². The number of aryl methyl sites for hydroxylation is 1. The van der Waals surface area contributed by atoms with E-state index in [0.717, 1.165) is 28.6 Å². The Bertz CT molecular complexity index is 1100. The van der Waals surface area contributed by atoms with Gasteiger partial charge in [-0.3, -0.25) is 9.59 Å². The zero-order chi connectivity index (χ0) is 22.2. The number of carbonyl (C=O) groups excluding carboxylic acids is 2. The van der Waals surface area contributed by atoms with E-state index >= 15 is 0 Å². The molecule has 0 aliphatic heterocycles. The van der Waals surface area contributed by atoms with Crippen molar-refractivity contribution in [1.29, 1.82) is 0 Å². The Morgan fingerprint density at radius 1 is 1.03 bits per heavy atom. The van der Waals surface area contributed by atoms with Crippen LogP contribution in [0.5, 0.6) is 0 Å². The van der Waals surface area contributed by atoms with Gasteiger partial charge in [-0.1, -0.05) is 74.3 Å². The molecule has 0 aliphatic carbocycles. The molecule has 0 fully saturated rings. The lowest BCUT2D eigenvalue weighted by Crippen LogP contribution is -2.36. The summed E-state index contributed by atoms with van der Waals surface area (Å²) in [5.41, 5.74) is 2.56. The van der Waals surface area contributed by atoms with Crippen LogP contribution in [0.3, 0.4) is 0 Å². The van der Waals surface area contributed by atoms with Crippen LogP contribution in [0, 0.1) is 6.92 Å². The summed E-state index contributed by atoms with van der Waals surface area (Å²) >= 11 is 1.44. The molecule has 5 nitrogen and oxygen atoms in total. The van der Waals surface area contributed by atoms with Crippen molar-refractivity contribution in [3.8, 4) is 0 Å². The summed E-state index contributed by atoms with van der Waals surface area (Å²) in [6.07, 6.45) is 5.07. The molecular formula is C25H31N3O2S. The Balaban J connectivity index is 1.95. The molecule has 0 aliphatic rings. The van der Waals surface area contributed by atoms with E-state index in [1.807, 2.05) is 54.8 Å². The molecule has 3 aromatic rings. The maximum absolute atomic E-state index is 13.0. The van der Waals surface area contributed by atoms with Crippen molar-refractivity contribution in [2.45, 2.75) is 58.9 Å². The molecule has 6 heteroatoms. The third-order valence-corrected chi connectivity index (χ3v) is 6.39. The van der Waals surface area contributed by atoms with E-state index in [1.54, 1.807) is 12.1 Å². The van der Waals surface area contributed by atoms with E-state index in [2.05, 4.69) is 17.2 Å². The number of amides is 2. The number of fused-ring (bicyclic) bond motifs is 1. The second-order valence-electron chi connectivity index (χ2n) is 7.78. The molecule has 0 saturated carbocycles. The summed E-state index contributed by atoms with van der Waals surface area (Å²) in [7, 11) is 0. The number of hydrogen-bond donors (Lipinski definition) is 1. The van der Waals surface area contributed by atoms with Crippen molar-refractivity contribution in [1.82, 2.24) is 9.88 Å². The van der Waals surface area contributed by atoms with Crippen molar-refractivity contribution in [3.05, 3.63) is 64.5 Å². The normalized spacial score (nSPS) is 12.8. The van der Waals surface area contributed by atoms with E-state index in [4.69, 9.17) is 0 Å². The van der Waals surface area contributed by atoms with Crippen LogP contribution in [-0.4, -0.2) is 22.9 Å². The lowest BCUT2D eigenvalue weighted by Gasteiger charge is -2.18. The fraction of sp³-hybridized carbons (Fsp3) is 0.400. The number of thiazole rings is 1. The van der Waals surface area contributed by atoms with Gasteiger partial charge in [0.15, 0.2) is 4.80 Å². The summed E-state index contributed by atoms with van der Waals surface area (Å²) in [6.45, 7) is 6.82. The largest absolute Gasteiger partial charge is 0.354 e. The molecule has 0 bridgehead atoms. The van der Waals surface area contributed by atoms with Gasteiger partial charge in [0, 0.05) is 12.1 Å². The summed E-state index contributed by atoms with van der Waals surface area (Å²) in [5.74, 6) is -0.318. The highest BCUT2D eigenvalue weighted by atomic mass is 32.1. The highest BCUT2D eigenvalue weighted by Crippen LogP contribution is 2.23. The van der Waals surface area contributed by atoms with Gasteiger partial charge in [-0.15, -0.1) is 0 Å². The van der Waals surface area contributed by atoms with Crippen LogP contribution in [0.4, 0.5) is 0 Å². The molecule has 1 unspecified atom stereocenters. The average Bonchev–Trinajstić information content (AvgIpc) is 3.12. The number of benzene rings is 2. The molecule has 2 amide bonds. The Hall–Kier alpha value is -2.73. The van der Waals surface area contributed by atoms with Crippen molar-refractivity contribution >= 4 is 33.4 Å². The van der Waals surface area contributed by atoms with Crippen LogP contribution in [0.15, 0.2) is 53.5 Å². The van der Waals surface area contributed by atoms with Gasteiger partial charge in [-0.25, -0.2) is 0 Å². The molecular weight excluding hydrogens is 406 g/mol. The van der Waals surface area contributed by atoms with Gasteiger partial charge in [0.2, 0.25) is 5.91 Å². The van der Waals surface area contributed by atoms with Crippen LogP contribution >= 0.6 is 11.3 Å². The van der Waals surface area contributed by atoms with Gasteiger partial charge in [0.05, 0.1) is 10.2 Å². The molecule has 1 atom stereocenters. The molecule has 1 aromatic heterocycles. The first-order valence-corrected chi connectivity index (χ1v) is 11.9. The minimum Gasteiger partial charge on any atom is -0.354 e. The zero-order valence-electron chi connectivity index (χ0n) is 18.6. The van der Waals surface area contributed by atoms with Crippen LogP contribution in [0.2, 0.25) is 0 Å². The molecule has 3 rings (SSSR count). The molecule has 1 N–H and O–H groups in total. The first kappa shape index (κ1) is 22.9. The predicted molar refractivity (Wildman–Crippen MR) is 127 cm³/mol. The predicted octanol–water partition coefficient (Wildman–Crippen LogP) is 5.40. The monoisotopic (exact) mass is 437 g/mol. The van der Waals surface area contributed by atoms with Crippen LogP contribution in [-0.2, 0) is 4.79 Å². The molecule has 0 radical (unpaired) electrons. The van der Waals surface area contributed by atoms with E-state index in [-0.39, 0.29) is 11.8 Å². The van der Waals surface area contributed by atoms with Crippen LogP contribution < -0.4 is 10.1 Å². The minimum atomic E-state index is -0.410. The number of carbonyl (C=O) groups is 2. The van der Waals surface area contributed by atoms with Gasteiger partial charge in [-0.05, 0) is 44.0 Å². The highest BCUT2D eigenvalue weighted by molar-refractivity contribution is 7.16. The third-order valence-electron chi connectivity index (χ3n) is 5.36. The van der Waals surface area contributed by atoms with Crippen molar-refractivity contribution in [3.63, 3.8) is 0 Å². The first-order valence-electron chi connectivity index (χ1n) is 11.1. The van der Waals surface area contributed by atoms with Gasteiger partial charge >= 0.3 is 0 Å². The SMILES string of the molecule is CCCCCCNC(=O)C(CC)n1c(=NC(=O)c2ccc(C)cc2)sc2ccccc21. The highest BCUT2D eigenvalue weighted by Gasteiger charge is 2.22. The van der Waals surface area contributed by atoms with E-state index in [1.165, 1.54) is 24.2 Å². The number of nitrogens with zero attached hydrogens (tertiary/aromatic N) is 2. The van der Waals surface area contributed by atoms with Crippen molar-refractivity contribution in [2.24, 2.45) is 4.99 Å². The maximum Gasteiger partial charge on any atom is 0.279 e. The smallest absolute Gasteiger partial charge is 0.279 e. The number of rotatable bonds is 9. The van der Waals surface area contributed by atoms with Gasteiger partial charge in [0.1, 0.15) is 6.04 Å². The van der Waals surface area contributed by atoms with Crippen molar-refractivity contribution < 1.29 is 9.59 Å². The van der Waals surface area contributed by atoms with Gasteiger partial charge in [-0.2, -0.15) is 4.99 Å². The van der Waals surface area contributed by atoms with E-state index in [0.29, 0.717) is 23.3 Å². The molecule has 164 valence electrons. The molecule has 0 spiro atoms. The summed E-state index contributed by atoms with van der Waals surface area (Å²) < 4.78 is 2.93. The summed E-state index contributed by atoms with van der Waals surface area (Å²) in [5, 5.41) is 3.08. The van der Waals surface area contributed by atoms with Gasteiger partial charge in [0.25, 0.3) is 5.91 Å². The average molecular weight is 438 g/mol. The lowest BCUT2D eigenvalue weighted by atomic mass is 10.1. The molecule has 1 heterocycles. The fourth-order valence-electron chi connectivity index (χ4n) is 3.58. The number of para-hydroxylation sites is 1. The minimum absolute atomic E-state index is 0.0215. The fourth-order valence-corrected chi connectivity index (χ4v) is 4.65. The number of nitrogens with one attached hydrogen (secondary N) is 1. The Kier molecular flexibility index (Phi) is 8.18. The topological polar surface area (TPSA) is 63.5 Å². The lowest BCUT2D eigenvalue weighted by molar-refractivity contribution is -0.124. The quantitative estimate of drug-likeness (QED) is 0.456. The van der Waals surface area contributed by atoms with Gasteiger partial charge < -0.3 is 9.88 Å². The second-order valence-corrected chi connectivity index (χ2v) is 8.79. The molecule has 31 heavy (non-hydrogen) atoms. The third kappa shape index (κ3) is 5.70. The van der Waals surface area contributed by atoms with Crippen LogP contribution in [0.1, 0.15) is 67.9 Å². The summed E-state index contributed by atoms with van der Waals surface area (Å²) in [4.78, 5) is 30.9. The first-order chi connectivity index (χ1) is 15.0. The van der Waals surface area contributed by atoms with Crippen molar-refractivity contribution in [2.75, 3.05) is 6.54 Å².